The first-order chi connectivity index (χ1) is 8.26. The van der Waals surface area contributed by atoms with E-state index in [1.807, 2.05) is 32.2 Å². The molecule has 1 aromatic heterocycles. The number of hydrogen-bond donors (Lipinski definition) is 1. The lowest BCUT2D eigenvalue weighted by Crippen LogP contribution is -1.99. The zero-order valence-corrected chi connectivity index (χ0v) is 10.2. The second kappa shape index (κ2) is 4.82. The summed E-state index contributed by atoms with van der Waals surface area (Å²) in [5.74, 6) is 1.55. The molecule has 88 valence electrons. The minimum atomic E-state index is 0.747. The highest BCUT2D eigenvalue weighted by Crippen LogP contribution is 2.32. The van der Waals surface area contributed by atoms with E-state index in [2.05, 4.69) is 15.3 Å². The van der Waals surface area contributed by atoms with Gasteiger partial charge in [-0.1, -0.05) is 11.6 Å². The van der Waals surface area contributed by atoms with Gasteiger partial charge in [0.05, 0.1) is 7.11 Å². The molecular formula is C13H15N3O. The van der Waals surface area contributed by atoms with Crippen LogP contribution in [0.1, 0.15) is 5.56 Å². The standard InChI is InChI=1S/C13H15N3O/c1-9-4-5-11(17-3)10(8-9)12-13(14-2)16-7-6-15-12/h4-8H,1-3H3,(H,14,16). The molecule has 2 rings (SSSR count). The molecule has 0 aliphatic rings. The van der Waals surface area contributed by atoms with Crippen LogP contribution >= 0.6 is 0 Å². The molecule has 4 heteroatoms. The van der Waals surface area contributed by atoms with Crippen molar-refractivity contribution in [2.45, 2.75) is 6.92 Å². The first kappa shape index (κ1) is 11.4. The van der Waals surface area contributed by atoms with E-state index in [0.717, 1.165) is 28.4 Å². The number of rotatable bonds is 3. The Bertz CT molecular complexity index is 526. The zero-order chi connectivity index (χ0) is 12.3. The molecule has 1 heterocycles. The number of aryl methyl sites for hydroxylation is 1. The molecule has 0 saturated carbocycles. The van der Waals surface area contributed by atoms with Crippen molar-refractivity contribution in [2.75, 3.05) is 19.5 Å². The SMILES string of the molecule is CNc1nccnc1-c1cc(C)ccc1OC. The molecule has 0 unspecified atom stereocenters. The van der Waals surface area contributed by atoms with E-state index in [9.17, 15) is 0 Å². The van der Waals surface area contributed by atoms with Crippen LogP contribution in [0.5, 0.6) is 5.75 Å². The molecule has 17 heavy (non-hydrogen) atoms. The maximum Gasteiger partial charge on any atom is 0.152 e. The molecule has 0 radical (unpaired) electrons. The number of nitrogens with one attached hydrogen (secondary N) is 1. The molecule has 2 aromatic rings. The van der Waals surface area contributed by atoms with Crippen LogP contribution in [-0.2, 0) is 0 Å². The van der Waals surface area contributed by atoms with E-state index >= 15 is 0 Å². The molecule has 0 aliphatic carbocycles. The van der Waals surface area contributed by atoms with Crippen molar-refractivity contribution < 1.29 is 4.74 Å². The maximum atomic E-state index is 5.36. The van der Waals surface area contributed by atoms with Crippen molar-refractivity contribution in [3.05, 3.63) is 36.2 Å². The molecule has 0 amide bonds. The van der Waals surface area contributed by atoms with E-state index in [4.69, 9.17) is 4.74 Å². The summed E-state index contributed by atoms with van der Waals surface area (Å²) in [5.41, 5.74) is 2.91. The lowest BCUT2D eigenvalue weighted by atomic mass is 10.1. The molecule has 0 saturated heterocycles. The van der Waals surface area contributed by atoms with Crippen LogP contribution in [0.15, 0.2) is 30.6 Å². The third-order valence-electron chi connectivity index (χ3n) is 2.55. The highest BCUT2D eigenvalue weighted by molar-refractivity contribution is 5.76. The number of hydrogen-bond acceptors (Lipinski definition) is 4. The largest absolute Gasteiger partial charge is 0.496 e. The minimum Gasteiger partial charge on any atom is -0.496 e. The normalized spacial score (nSPS) is 10.1. The first-order valence-corrected chi connectivity index (χ1v) is 5.40. The third kappa shape index (κ3) is 2.20. The van der Waals surface area contributed by atoms with Crippen LogP contribution in [0.3, 0.4) is 0 Å². The Morgan fingerprint density at radius 2 is 1.94 bits per heavy atom. The topological polar surface area (TPSA) is 47.0 Å². The summed E-state index contributed by atoms with van der Waals surface area (Å²) in [7, 11) is 3.49. The van der Waals surface area contributed by atoms with Gasteiger partial charge in [0.1, 0.15) is 11.4 Å². The molecule has 0 fully saturated rings. The van der Waals surface area contributed by atoms with Crippen LogP contribution in [0.25, 0.3) is 11.3 Å². The second-order valence-corrected chi connectivity index (χ2v) is 3.71. The Morgan fingerprint density at radius 1 is 1.18 bits per heavy atom. The monoisotopic (exact) mass is 229 g/mol. The van der Waals surface area contributed by atoms with Crippen LogP contribution in [0.4, 0.5) is 5.82 Å². The van der Waals surface area contributed by atoms with E-state index in [-0.39, 0.29) is 0 Å². The van der Waals surface area contributed by atoms with Gasteiger partial charge in [-0.2, -0.15) is 0 Å². The van der Waals surface area contributed by atoms with Gasteiger partial charge in [-0.3, -0.25) is 4.98 Å². The summed E-state index contributed by atoms with van der Waals surface area (Å²) in [6.07, 6.45) is 3.34. The van der Waals surface area contributed by atoms with Crippen LogP contribution < -0.4 is 10.1 Å². The predicted molar refractivity (Wildman–Crippen MR) is 68.3 cm³/mol. The number of nitrogens with zero attached hydrogens (tertiary/aromatic N) is 2. The van der Waals surface area contributed by atoms with E-state index in [1.54, 1.807) is 19.5 Å². The average molecular weight is 229 g/mol. The number of benzene rings is 1. The van der Waals surface area contributed by atoms with E-state index in [1.165, 1.54) is 0 Å². The Labute approximate surface area is 101 Å². The van der Waals surface area contributed by atoms with Gasteiger partial charge in [0.25, 0.3) is 0 Å². The Kier molecular flexibility index (Phi) is 3.23. The highest BCUT2D eigenvalue weighted by Gasteiger charge is 2.11. The molecule has 0 bridgehead atoms. The summed E-state index contributed by atoms with van der Waals surface area (Å²) in [4.78, 5) is 8.61. The van der Waals surface area contributed by atoms with Gasteiger partial charge in [-0.15, -0.1) is 0 Å². The van der Waals surface area contributed by atoms with E-state index < -0.39 is 0 Å². The lowest BCUT2D eigenvalue weighted by molar-refractivity contribution is 0.416. The summed E-state index contributed by atoms with van der Waals surface area (Å²) in [5, 5.41) is 3.04. The van der Waals surface area contributed by atoms with Crippen LogP contribution in [0, 0.1) is 6.92 Å². The van der Waals surface area contributed by atoms with Crippen molar-refractivity contribution in [3.63, 3.8) is 0 Å². The predicted octanol–water partition coefficient (Wildman–Crippen LogP) is 2.50. The minimum absolute atomic E-state index is 0.747. The maximum absolute atomic E-state index is 5.36. The molecular weight excluding hydrogens is 214 g/mol. The third-order valence-corrected chi connectivity index (χ3v) is 2.55. The molecule has 0 aliphatic heterocycles. The summed E-state index contributed by atoms with van der Waals surface area (Å²) >= 11 is 0. The van der Waals surface area contributed by atoms with Crippen molar-refractivity contribution in [3.8, 4) is 17.0 Å². The smallest absolute Gasteiger partial charge is 0.152 e. The first-order valence-electron chi connectivity index (χ1n) is 5.40. The molecule has 4 nitrogen and oxygen atoms in total. The Balaban J connectivity index is 2.62. The van der Waals surface area contributed by atoms with Gasteiger partial charge in [-0.05, 0) is 19.1 Å². The molecule has 1 N–H and O–H groups in total. The van der Waals surface area contributed by atoms with Gasteiger partial charge in [0.2, 0.25) is 0 Å². The van der Waals surface area contributed by atoms with Gasteiger partial charge in [0.15, 0.2) is 5.82 Å². The highest BCUT2D eigenvalue weighted by atomic mass is 16.5. The van der Waals surface area contributed by atoms with Gasteiger partial charge >= 0.3 is 0 Å². The molecule has 0 atom stereocenters. The summed E-state index contributed by atoms with van der Waals surface area (Å²) < 4.78 is 5.36. The quantitative estimate of drug-likeness (QED) is 0.878. The van der Waals surface area contributed by atoms with Gasteiger partial charge in [-0.25, -0.2) is 4.98 Å². The Morgan fingerprint density at radius 3 is 2.65 bits per heavy atom. The number of anilines is 1. The fourth-order valence-corrected chi connectivity index (χ4v) is 1.72. The number of ether oxygens (including phenoxy) is 1. The van der Waals surface area contributed by atoms with Crippen LogP contribution in [0.2, 0.25) is 0 Å². The number of aromatic nitrogens is 2. The van der Waals surface area contributed by atoms with Crippen LogP contribution in [-0.4, -0.2) is 24.1 Å². The fraction of sp³-hybridized carbons (Fsp3) is 0.231. The zero-order valence-electron chi connectivity index (χ0n) is 10.2. The van der Waals surface area contributed by atoms with E-state index in [0.29, 0.717) is 0 Å². The number of methoxy groups -OCH3 is 1. The average Bonchev–Trinajstić information content (AvgIpc) is 2.38. The van der Waals surface area contributed by atoms with Crippen molar-refractivity contribution in [2.24, 2.45) is 0 Å². The molecule has 0 spiro atoms. The summed E-state index contributed by atoms with van der Waals surface area (Å²) in [6, 6.07) is 6.00. The van der Waals surface area contributed by atoms with Gasteiger partial charge in [0, 0.05) is 25.0 Å². The Hall–Kier alpha value is -2.10. The van der Waals surface area contributed by atoms with Crippen molar-refractivity contribution in [1.29, 1.82) is 0 Å². The van der Waals surface area contributed by atoms with Crippen molar-refractivity contribution in [1.82, 2.24) is 9.97 Å². The molecule has 1 aromatic carbocycles. The lowest BCUT2D eigenvalue weighted by Gasteiger charge is -2.11. The fourth-order valence-electron chi connectivity index (χ4n) is 1.72. The second-order valence-electron chi connectivity index (χ2n) is 3.71. The van der Waals surface area contributed by atoms with Gasteiger partial charge < -0.3 is 10.1 Å². The summed E-state index contributed by atoms with van der Waals surface area (Å²) in [6.45, 7) is 2.04. The van der Waals surface area contributed by atoms with Crippen molar-refractivity contribution >= 4 is 5.82 Å².